The lowest BCUT2D eigenvalue weighted by molar-refractivity contribution is -0.161. The Morgan fingerprint density at radius 1 is 0.824 bits per heavy atom. The summed E-state index contributed by atoms with van der Waals surface area (Å²) in [6.45, 7) is 15.2. The van der Waals surface area contributed by atoms with Crippen LogP contribution in [0.3, 0.4) is 0 Å². The van der Waals surface area contributed by atoms with E-state index < -0.39 is 35.9 Å². The van der Waals surface area contributed by atoms with Crippen LogP contribution < -0.4 is 4.74 Å². The molecule has 0 aromatic heterocycles. The van der Waals surface area contributed by atoms with Crippen molar-refractivity contribution in [1.82, 2.24) is 0 Å². The van der Waals surface area contributed by atoms with Crippen LogP contribution in [0, 0.1) is 5.82 Å². The van der Waals surface area contributed by atoms with E-state index in [1.165, 1.54) is 32.9 Å². The van der Waals surface area contributed by atoms with Gasteiger partial charge in [0.05, 0.1) is 0 Å². The Kier molecular flexibility index (Phi) is 7.15. The second kappa shape index (κ2) is 9.87. The van der Waals surface area contributed by atoms with E-state index in [2.05, 4.69) is 19.7 Å². The Bertz CT molecular complexity index is 1230. The highest BCUT2D eigenvalue weighted by atomic mass is 19.1. The van der Waals surface area contributed by atoms with Gasteiger partial charge in [-0.15, -0.1) is 0 Å². The van der Waals surface area contributed by atoms with Gasteiger partial charge in [-0.1, -0.05) is 44.0 Å². The van der Waals surface area contributed by atoms with Crippen LogP contribution in [-0.2, 0) is 30.3 Å². The van der Waals surface area contributed by atoms with Crippen LogP contribution in [0.1, 0.15) is 38.0 Å². The van der Waals surface area contributed by atoms with Crippen molar-refractivity contribution >= 4 is 17.9 Å². The molecule has 0 amide bonds. The predicted molar refractivity (Wildman–Crippen MR) is 124 cm³/mol. The van der Waals surface area contributed by atoms with Gasteiger partial charge < -0.3 is 14.2 Å². The molecule has 0 fully saturated rings. The van der Waals surface area contributed by atoms with Crippen LogP contribution in [0.15, 0.2) is 72.9 Å². The highest BCUT2D eigenvalue weighted by Gasteiger charge is 2.38. The lowest BCUT2D eigenvalue weighted by atomic mass is 10.00. The molecule has 176 valence electrons. The molecule has 2 aromatic carbocycles. The molecule has 2 aromatic rings. The van der Waals surface area contributed by atoms with Crippen LogP contribution in [-0.4, -0.2) is 24.0 Å². The van der Waals surface area contributed by atoms with E-state index >= 15 is 0 Å². The van der Waals surface area contributed by atoms with Gasteiger partial charge in [0.2, 0.25) is 0 Å². The second-order valence-electron chi connectivity index (χ2n) is 8.26. The molecule has 2 unspecified atom stereocenters. The highest BCUT2D eigenvalue weighted by molar-refractivity contribution is 5.89. The molecule has 0 saturated heterocycles. The first-order valence-corrected chi connectivity index (χ1v) is 10.5. The van der Waals surface area contributed by atoms with Crippen LogP contribution in [0.2, 0.25) is 0 Å². The van der Waals surface area contributed by atoms with Crippen LogP contribution in [0.4, 0.5) is 4.39 Å². The minimum atomic E-state index is -0.808. The van der Waals surface area contributed by atoms with E-state index in [9.17, 15) is 18.8 Å². The molecule has 6 nitrogen and oxygen atoms in total. The fourth-order valence-corrected chi connectivity index (χ4v) is 3.41. The topological polar surface area (TPSA) is 78.9 Å². The third kappa shape index (κ3) is 5.31. The summed E-state index contributed by atoms with van der Waals surface area (Å²) in [5, 5.41) is 0. The van der Waals surface area contributed by atoms with E-state index in [0.717, 1.165) is 5.56 Å². The normalized spacial score (nSPS) is 16.2. The fraction of sp³-hybridized carbons (Fsp3) is 0.222. The Morgan fingerprint density at radius 2 is 1.38 bits per heavy atom. The number of rotatable bonds is 7. The maximum Gasteiger partial charge on any atom is 0.338 e. The summed E-state index contributed by atoms with van der Waals surface area (Å²) in [4.78, 5) is 36.0. The van der Waals surface area contributed by atoms with E-state index in [1.54, 1.807) is 18.2 Å². The first-order chi connectivity index (χ1) is 16.0. The van der Waals surface area contributed by atoms with Crippen molar-refractivity contribution in [3.63, 3.8) is 0 Å². The molecule has 0 heterocycles. The minimum Gasteiger partial charge on any atom is -0.454 e. The van der Waals surface area contributed by atoms with E-state index in [-0.39, 0.29) is 22.5 Å². The van der Waals surface area contributed by atoms with Crippen molar-refractivity contribution < 1.29 is 33.0 Å². The largest absolute Gasteiger partial charge is 0.454 e. The van der Waals surface area contributed by atoms with E-state index in [4.69, 9.17) is 14.2 Å². The molecule has 0 aliphatic heterocycles. The van der Waals surface area contributed by atoms with Crippen molar-refractivity contribution in [2.75, 3.05) is 0 Å². The van der Waals surface area contributed by atoms with Gasteiger partial charge in [-0.25, -0.2) is 18.8 Å². The maximum atomic E-state index is 14.6. The van der Waals surface area contributed by atoms with Gasteiger partial charge in [0.1, 0.15) is 6.10 Å². The van der Waals surface area contributed by atoms with Crippen molar-refractivity contribution in [3.8, 4) is 16.9 Å². The zero-order valence-corrected chi connectivity index (χ0v) is 19.3. The van der Waals surface area contributed by atoms with Crippen molar-refractivity contribution in [1.29, 1.82) is 0 Å². The first-order valence-electron chi connectivity index (χ1n) is 10.5. The number of ether oxygens (including phenoxy) is 3. The quantitative estimate of drug-likeness (QED) is 0.319. The van der Waals surface area contributed by atoms with Crippen molar-refractivity contribution in [3.05, 3.63) is 89.8 Å². The summed E-state index contributed by atoms with van der Waals surface area (Å²) < 4.78 is 30.6. The standard InChI is InChI=1S/C27H25FO6/c1-14(2)25(29)32-22-10-8-18(12-21(22)28)17-7-9-20-19(11-17)13-23(33-26(30)15(3)4)24(20)34-27(31)16(5)6/h7-12,23-24H,1,3,5,13H2,2,4,6H3. The van der Waals surface area contributed by atoms with Gasteiger partial charge in [0.25, 0.3) is 0 Å². The molecule has 1 aliphatic rings. The Labute approximate surface area is 197 Å². The molecule has 0 bridgehead atoms. The number of carbonyl (C=O) groups is 3. The number of benzene rings is 2. The number of hydrogen-bond acceptors (Lipinski definition) is 6. The summed E-state index contributed by atoms with van der Waals surface area (Å²) >= 11 is 0. The molecule has 2 atom stereocenters. The van der Waals surface area contributed by atoms with Crippen LogP contribution in [0.5, 0.6) is 5.75 Å². The zero-order valence-electron chi connectivity index (χ0n) is 19.3. The molecular weight excluding hydrogens is 439 g/mol. The molecule has 34 heavy (non-hydrogen) atoms. The lowest BCUT2D eigenvalue weighted by Gasteiger charge is -2.21. The van der Waals surface area contributed by atoms with Crippen molar-refractivity contribution in [2.45, 2.75) is 39.4 Å². The van der Waals surface area contributed by atoms with Crippen LogP contribution in [0.25, 0.3) is 11.1 Å². The second-order valence-corrected chi connectivity index (χ2v) is 8.26. The third-order valence-corrected chi connectivity index (χ3v) is 5.21. The molecule has 3 rings (SSSR count). The first kappa shape index (κ1) is 24.6. The average Bonchev–Trinajstić information content (AvgIpc) is 3.10. The van der Waals surface area contributed by atoms with Gasteiger partial charge in [-0.05, 0) is 55.2 Å². The molecular formula is C27H25FO6. The number of carbonyl (C=O) groups excluding carboxylic acids is 3. The molecule has 0 radical (unpaired) electrons. The smallest absolute Gasteiger partial charge is 0.338 e. The predicted octanol–water partition coefficient (Wildman–Crippen LogP) is 5.18. The summed E-state index contributed by atoms with van der Waals surface area (Å²) in [6, 6.07) is 9.57. The van der Waals surface area contributed by atoms with Crippen molar-refractivity contribution in [2.24, 2.45) is 0 Å². The number of hydrogen-bond donors (Lipinski definition) is 0. The Morgan fingerprint density at radius 3 is 1.97 bits per heavy atom. The zero-order chi connectivity index (χ0) is 25.2. The summed E-state index contributed by atoms with van der Waals surface area (Å²) in [6.07, 6.45) is -1.25. The van der Waals surface area contributed by atoms with Gasteiger partial charge in [-0.2, -0.15) is 0 Å². The molecule has 1 aliphatic carbocycles. The van der Waals surface area contributed by atoms with E-state index in [1.807, 2.05) is 6.07 Å². The highest BCUT2D eigenvalue weighted by Crippen LogP contribution is 2.39. The summed E-state index contributed by atoms with van der Waals surface area (Å²) in [5.74, 6) is -2.79. The molecule has 0 saturated carbocycles. The third-order valence-electron chi connectivity index (χ3n) is 5.21. The van der Waals surface area contributed by atoms with Crippen LogP contribution >= 0.6 is 0 Å². The number of fused-ring (bicyclic) bond motifs is 1. The summed E-state index contributed by atoms with van der Waals surface area (Å²) in [5.41, 5.74) is 3.31. The number of halogens is 1. The molecule has 0 spiro atoms. The number of esters is 3. The Balaban J connectivity index is 1.91. The Hall–Kier alpha value is -4.00. The lowest BCUT2D eigenvalue weighted by Crippen LogP contribution is -2.26. The minimum absolute atomic E-state index is 0.158. The fourth-order valence-electron chi connectivity index (χ4n) is 3.41. The van der Waals surface area contributed by atoms with E-state index in [0.29, 0.717) is 23.1 Å². The summed E-state index contributed by atoms with van der Waals surface area (Å²) in [7, 11) is 0. The van der Waals surface area contributed by atoms with Gasteiger partial charge in [0.15, 0.2) is 17.7 Å². The SMILES string of the molecule is C=C(C)C(=O)Oc1ccc(-c2ccc3c(c2)CC(OC(=O)C(=C)C)C3OC(=O)C(=C)C)cc1F. The average molecular weight is 464 g/mol. The van der Waals surface area contributed by atoms with Gasteiger partial charge in [0, 0.05) is 23.1 Å². The monoisotopic (exact) mass is 464 g/mol. The molecule has 7 heteroatoms. The van der Waals surface area contributed by atoms with Gasteiger partial charge in [-0.3, -0.25) is 0 Å². The maximum absolute atomic E-state index is 14.6. The molecule has 0 N–H and O–H groups in total. The van der Waals surface area contributed by atoms with Gasteiger partial charge >= 0.3 is 17.9 Å².